The molecular formula is C18H29FN2. The van der Waals surface area contributed by atoms with Gasteiger partial charge in [-0.15, -0.1) is 0 Å². The van der Waals surface area contributed by atoms with Gasteiger partial charge >= 0.3 is 0 Å². The van der Waals surface area contributed by atoms with E-state index in [2.05, 4.69) is 18.7 Å². The van der Waals surface area contributed by atoms with Gasteiger partial charge in [-0.1, -0.05) is 38.0 Å². The Balaban J connectivity index is 2.03. The van der Waals surface area contributed by atoms with Crippen molar-refractivity contribution >= 4 is 0 Å². The molecule has 1 saturated heterocycles. The van der Waals surface area contributed by atoms with Gasteiger partial charge in [0.25, 0.3) is 0 Å². The molecule has 1 atom stereocenters. The maximum absolute atomic E-state index is 13.9. The van der Waals surface area contributed by atoms with Crippen LogP contribution in [0, 0.1) is 11.7 Å². The molecule has 1 fully saturated rings. The number of nitrogens with two attached hydrogens (primary N) is 1. The normalized spacial score (nSPS) is 20.4. The summed E-state index contributed by atoms with van der Waals surface area (Å²) >= 11 is 0. The summed E-state index contributed by atoms with van der Waals surface area (Å²) in [5, 5.41) is 0. The number of rotatable bonds is 6. The zero-order chi connectivity index (χ0) is 15.3. The molecule has 1 aliphatic heterocycles. The third-order valence-electron chi connectivity index (χ3n) is 5.04. The first-order valence-corrected chi connectivity index (χ1v) is 8.27. The fourth-order valence-electron chi connectivity index (χ4n) is 3.53. The lowest BCUT2D eigenvalue weighted by Gasteiger charge is -2.45. The Kier molecular flexibility index (Phi) is 5.77. The van der Waals surface area contributed by atoms with E-state index in [9.17, 15) is 4.39 Å². The van der Waals surface area contributed by atoms with Crippen molar-refractivity contribution in [2.45, 2.75) is 51.5 Å². The first-order valence-electron chi connectivity index (χ1n) is 8.27. The third kappa shape index (κ3) is 4.04. The highest BCUT2D eigenvalue weighted by Crippen LogP contribution is 2.29. The molecule has 1 aromatic carbocycles. The molecule has 0 spiro atoms. The van der Waals surface area contributed by atoms with Gasteiger partial charge in [0.15, 0.2) is 0 Å². The number of nitrogens with zero attached hydrogens (tertiary/aromatic N) is 1. The average Bonchev–Trinajstić information content (AvgIpc) is 2.50. The molecular weight excluding hydrogens is 263 g/mol. The minimum atomic E-state index is -0.140. The first-order chi connectivity index (χ1) is 10.1. The lowest BCUT2D eigenvalue weighted by molar-refractivity contribution is 0.0649. The van der Waals surface area contributed by atoms with Gasteiger partial charge in [-0.2, -0.15) is 0 Å². The fraction of sp³-hybridized carbons (Fsp3) is 0.667. The summed E-state index contributed by atoms with van der Waals surface area (Å²) < 4.78 is 13.9. The lowest BCUT2D eigenvalue weighted by atomic mass is 9.85. The monoisotopic (exact) mass is 292 g/mol. The van der Waals surface area contributed by atoms with E-state index in [1.54, 1.807) is 12.1 Å². The Morgan fingerprint density at radius 3 is 2.52 bits per heavy atom. The van der Waals surface area contributed by atoms with Gasteiger partial charge in [0.05, 0.1) is 0 Å². The second-order valence-electron chi connectivity index (χ2n) is 6.69. The number of hydrogen-bond acceptors (Lipinski definition) is 2. The van der Waals surface area contributed by atoms with Crippen molar-refractivity contribution in [1.29, 1.82) is 0 Å². The smallest absolute Gasteiger partial charge is 0.126 e. The molecule has 1 aliphatic rings. The van der Waals surface area contributed by atoms with Gasteiger partial charge in [-0.25, -0.2) is 4.39 Å². The maximum Gasteiger partial charge on any atom is 0.126 e. The van der Waals surface area contributed by atoms with Crippen molar-refractivity contribution in [3.63, 3.8) is 0 Å². The van der Waals surface area contributed by atoms with Crippen LogP contribution in [0.2, 0.25) is 0 Å². The number of benzene rings is 1. The summed E-state index contributed by atoms with van der Waals surface area (Å²) in [5.41, 5.74) is 6.70. The van der Waals surface area contributed by atoms with Crippen molar-refractivity contribution in [3.05, 3.63) is 35.6 Å². The van der Waals surface area contributed by atoms with Gasteiger partial charge in [0, 0.05) is 12.1 Å². The van der Waals surface area contributed by atoms with Crippen LogP contribution in [0.15, 0.2) is 24.3 Å². The van der Waals surface area contributed by atoms with Gasteiger partial charge in [0.1, 0.15) is 5.82 Å². The zero-order valence-electron chi connectivity index (χ0n) is 13.4. The molecule has 0 aliphatic carbocycles. The Bertz CT molecular complexity index is 441. The van der Waals surface area contributed by atoms with Gasteiger partial charge < -0.3 is 5.73 Å². The van der Waals surface area contributed by atoms with E-state index in [0.29, 0.717) is 13.0 Å². The van der Waals surface area contributed by atoms with Crippen molar-refractivity contribution in [1.82, 2.24) is 4.90 Å². The molecule has 118 valence electrons. The third-order valence-corrected chi connectivity index (χ3v) is 5.04. The minimum absolute atomic E-state index is 0.113. The van der Waals surface area contributed by atoms with E-state index in [0.717, 1.165) is 24.6 Å². The van der Waals surface area contributed by atoms with Crippen molar-refractivity contribution in [3.8, 4) is 0 Å². The van der Waals surface area contributed by atoms with Crippen LogP contribution in [-0.2, 0) is 6.42 Å². The van der Waals surface area contributed by atoms with Crippen LogP contribution in [0.1, 0.15) is 45.1 Å². The Hall–Kier alpha value is -0.930. The predicted molar refractivity (Wildman–Crippen MR) is 86.8 cm³/mol. The molecule has 1 unspecified atom stereocenters. The van der Waals surface area contributed by atoms with E-state index < -0.39 is 0 Å². The highest BCUT2D eigenvalue weighted by molar-refractivity contribution is 5.20. The topological polar surface area (TPSA) is 29.3 Å². The van der Waals surface area contributed by atoms with Crippen LogP contribution >= 0.6 is 0 Å². The Labute approximate surface area is 128 Å². The largest absolute Gasteiger partial charge is 0.329 e. The van der Waals surface area contributed by atoms with Crippen LogP contribution in [0.4, 0.5) is 4.39 Å². The van der Waals surface area contributed by atoms with Crippen molar-refractivity contribution in [2.24, 2.45) is 11.7 Å². The molecule has 0 saturated carbocycles. The molecule has 1 heterocycles. The lowest BCUT2D eigenvalue weighted by Crippen LogP contribution is -2.55. The van der Waals surface area contributed by atoms with Gasteiger partial charge in [0.2, 0.25) is 0 Å². The van der Waals surface area contributed by atoms with E-state index in [1.165, 1.54) is 25.7 Å². The molecule has 0 radical (unpaired) electrons. The minimum Gasteiger partial charge on any atom is -0.329 e. The SMILES string of the molecule is CCCC1CCN(C(C)(CN)Cc2ccccc2F)CC1. The summed E-state index contributed by atoms with van der Waals surface area (Å²) in [6.07, 6.45) is 5.80. The Morgan fingerprint density at radius 1 is 1.29 bits per heavy atom. The molecule has 1 aromatic rings. The van der Waals surface area contributed by atoms with E-state index >= 15 is 0 Å². The molecule has 0 amide bonds. The highest BCUT2D eigenvalue weighted by atomic mass is 19.1. The molecule has 0 aromatic heterocycles. The number of likely N-dealkylation sites (tertiary alicyclic amines) is 1. The van der Waals surface area contributed by atoms with Gasteiger partial charge in [-0.3, -0.25) is 4.90 Å². The van der Waals surface area contributed by atoms with Crippen LogP contribution in [0.5, 0.6) is 0 Å². The molecule has 2 nitrogen and oxygen atoms in total. The molecule has 2 N–H and O–H groups in total. The van der Waals surface area contributed by atoms with Crippen LogP contribution in [-0.4, -0.2) is 30.1 Å². The maximum atomic E-state index is 13.9. The van der Waals surface area contributed by atoms with Gasteiger partial charge in [-0.05, 0) is 56.8 Å². The highest BCUT2D eigenvalue weighted by Gasteiger charge is 2.34. The van der Waals surface area contributed by atoms with Crippen LogP contribution < -0.4 is 5.73 Å². The Morgan fingerprint density at radius 2 is 1.95 bits per heavy atom. The van der Waals surface area contributed by atoms with E-state index in [-0.39, 0.29) is 11.4 Å². The van der Waals surface area contributed by atoms with Crippen molar-refractivity contribution in [2.75, 3.05) is 19.6 Å². The summed E-state index contributed by atoms with van der Waals surface area (Å²) in [5.74, 6) is 0.750. The number of halogens is 1. The second-order valence-corrected chi connectivity index (χ2v) is 6.69. The summed E-state index contributed by atoms with van der Waals surface area (Å²) in [6, 6.07) is 7.07. The first kappa shape index (κ1) is 16.4. The standard InChI is InChI=1S/C18H29FN2/c1-3-6-15-9-11-21(12-10-15)18(2,14-20)13-16-7-4-5-8-17(16)19/h4-5,7-8,15H,3,6,9-14,20H2,1-2H3. The predicted octanol–water partition coefficient (Wildman–Crippen LogP) is 3.60. The summed E-state index contributed by atoms with van der Waals surface area (Å²) in [7, 11) is 0. The quantitative estimate of drug-likeness (QED) is 0.868. The number of piperidine rings is 1. The fourth-order valence-corrected chi connectivity index (χ4v) is 3.53. The van der Waals surface area contributed by atoms with E-state index in [1.807, 2.05) is 12.1 Å². The zero-order valence-corrected chi connectivity index (χ0v) is 13.4. The van der Waals surface area contributed by atoms with Crippen LogP contribution in [0.25, 0.3) is 0 Å². The van der Waals surface area contributed by atoms with Crippen molar-refractivity contribution < 1.29 is 4.39 Å². The molecule has 0 bridgehead atoms. The molecule has 3 heteroatoms. The number of hydrogen-bond donors (Lipinski definition) is 1. The second kappa shape index (κ2) is 7.37. The summed E-state index contributed by atoms with van der Waals surface area (Å²) in [4.78, 5) is 2.48. The average molecular weight is 292 g/mol. The summed E-state index contributed by atoms with van der Waals surface area (Å²) in [6.45, 7) is 7.19. The van der Waals surface area contributed by atoms with E-state index in [4.69, 9.17) is 5.73 Å². The molecule has 2 rings (SSSR count). The molecule has 21 heavy (non-hydrogen) atoms. The van der Waals surface area contributed by atoms with Crippen LogP contribution in [0.3, 0.4) is 0 Å².